The number of benzene rings is 1. The maximum Gasteiger partial charge on any atom is 0.233 e. The van der Waals surface area contributed by atoms with Crippen LogP contribution in [0.15, 0.2) is 16.6 Å². The molecule has 4 heteroatoms. The first kappa shape index (κ1) is 12.9. The van der Waals surface area contributed by atoms with Gasteiger partial charge in [-0.25, -0.2) is 4.85 Å². The van der Waals surface area contributed by atoms with Gasteiger partial charge in [0.25, 0.3) is 0 Å². The van der Waals surface area contributed by atoms with E-state index in [2.05, 4.69) is 34.6 Å². The zero-order valence-electron chi connectivity index (χ0n) is 9.58. The second-order valence-corrected chi connectivity index (χ2v) is 4.69. The Morgan fingerprint density at radius 1 is 1.44 bits per heavy atom. The molecule has 0 amide bonds. The normalized spacial score (nSPS) is 10.0. The predicted molar refractivity (Wildman–Crippen MR) is 67.3 cm³/mol. The molecule has 0 bridgehead atoms. The molecular weight excluding hydrogens is 270 g/mol. The largest absolute Gasteiger partial charge is 0.501 e. The molecule has 0 aliphatic carbocycles. The summed E-state index contributed by atoms with van der Waals surface area (Å²) in [6.07, 6.45) is 0. The first-order chi connectivity index (χ1) is 7.58. The average Bonchev–Trinajstić information content (AvgIpc) is 2.25. The smallest absolute Gasteiger partial charge is 0.233 e. The third-order valence-corrected chi connectivity index (χ3v) is 2.36. The minimum Gasteiger partial charge on any atom is -0.501 e. The summed E-state index contributed by atoms with van der Waals surface area (Å²) in [5, 5.41) is 0. The van der Waals surface area contributed by atoms with Gasteiger partial charge in [-0.2, -0.15) is 0 Å². The number of rotatable bonds is 4. The van der Waals surface area contributed by atoms with Crippen LogP contribution in [0.5, 0.6) is 11.5 Å². The van der Waals surface area contributed by atoms with Crippen molar-refractivity contribution in [2.45, 2.75) is 13.8 Å². The van der Waals surface area contributed by atoms with E-state index in [-0.39, 0.29) is 0 Å². The van der Waals surface area contributed by atoms with Gasteiger partial charge in [-0.05, 0) is 18.1 Å². The molecule has 1 aromatic carbocycles. The summed E-state index contributed by atoms with van der Waals surface area (Å²) in [5.41, 5.74) is 0.465. The number of nitrogens with zero attached hydrogens (tertiary/aromatic N) is 1. The summed E-state index contributed by atoms with van der Waals surface area (Å²) in [4.78, 5) is 3.43. The Labute approximate surface area is 104 Å². The van der Waals surface area contributed by atoms with E-state index in [1.165, 1.54) is 0 Å². The molecule has 86 valence electrons. The van der Waals surface area contributed by atoms with Gasteiger partial charge in [0.05, 0.1) is 20.3 Å². The molecule has 0 atom stereocenters. The van der Waals surface area contributed by atoms with Crippen LogP contribution in [0.4, 0.5) is 5.69 Å². The van der Waals surface area contributed by atoms with Gasteiger partial charge in [-0.1, -0.05) is 29.8 Å². The minimum absolute atomic E-state index is 0.409. The van der Waals surface area contributed by atoms with Crippen LogP contribution in [0.1, 0.15) is 13.8 Å². The van der Waals surface area contributed by atoms with E-state index < -0.39 is 0 Å². The molecule has 0 aliphatic rings. The highest BCUT2D eigenvalue weighted by molar-refractivity contribution is 9.10. The van der Waals surface area contributed by atoms with E-state index in [4.69, 9.17) is 16.0 Å². The fourth-order valence-electron chi connectivity index (χ4n) is 1.18. The highest BCUT2D eigenvalue weighted by Crippen LogP contribution is 2.40. The van der Waals surface area contributed by atoms with Crippen molar-refractivity contribution < 1.29 is 9.47 Å². The molecular formula is C12H14BrNO2. The SMILES string of the molecule is [C-]#[N+]c1cc(Br)cc(OC)c1OCC(C)C. The molecule has 16 heavy (non-hydrogen) atoms. The quantitative estimate of drug-likeness (QED) is 0.779. The lowest BCUT2D eigenvalue weighted by molar-refractivity contribution is 0.258. The summed E-state index contributed by atoms with van der Waals surface area (Å²) >= 11 is 3.33. The van der Waals surface area contributed by atoms with Gasteiger partial charge in [0.15, 0.2) is 11.5 Å². The van der Waals surface area contributed by atoms with Crippen molar-refractivity contribution in [3.05, 3.63) is 28.0 Å². The molecule has 0 N–H and O–H groups in total. The summed E-state index contributed by atoms with van der Waals surface area (Å²) in [6.45, 7) is 11.8. The molecule has 0 heterocycles. The van der Waals surface area contributed by atoms with Crippen LogP contribution in [0.25, 0.3) is 4.85 Å². The van der Waals surface area contributed by atoms with E-state index >= 15 is 0 Å². The molecule has 0 radical (unpaired) electrons. The fourth-order valence-corrected chi connectivity index (χ4v) is 1.61. The fraction of sp³-hybridized carbons (Fsp3) is 0.417. The average molecular weight is 284 g/mol. The third kappa shape index (κ3) is 3.14. The molecule has 0 unspecified atom stereocenters. The Kier molecular flexibility index (Phi) is 4.63. The number of hydrogen-bond acceptors (Lipinski definition) is 2. The number of methoxy groups -OCH3 is 1. The Morgan fingerprint density at radius 3 is 2.62 bits per heavy atom. The number of hydrogen-bond donors (Lipinski definition) is 0. The van der Waals surface area contributed by atoms with Crippen LogP contribution in [-0.2, 0) is 0 Å². The highest BCUT2D eigenvalue weighted by Gasteiger charge is 2.13. The third-order valence-electron chi connectivity index (χ3n) is 1.90. The molecule has 0 saturated carbocycles. The summed E-state index contributed by atoms with van der Waals surface area (Å²) < 4.78 is 11.6. The second kappa shape index (κ2) is 5.76. The summed E-state index contributed by atoms with van der Waals surface area (Å²) in [5.74, 6) is 1.52. The zero-order chi connectivity index (χ0) is 12.1. The van der Waals surface area contributed by atoms with Crippen LogP contribution in [0, 0.1) is 12.5 Å². The lowest BCUT2D eigenvalue weighted by Gasteiger charge is -2.14. The van der Waals surface area contributed by atoms with Crippen molar-refractivity contribution >= 4 is 21.6 Å². The standard InChI is InChI=1S/C12H14BrNO2/c1-8(2)7-16-12-10(14-3)5-9(13)6-11(12)15-4/h5-6,8H,7H2,1-2,4H3. The van der Waals surface area contributed by atoms with Crippen molar-refractivity contribution in [1.29, 1.82) is 0 Å². The Morgan fingerprint density at radius 2 is 2.12 bits per heavy atom. The van der Waals surface area contributed by atoms with Gasteiger partial charge in [0.2, 0.25) is 5.69 Å². The molecule has 0 spiro atoms. The summed E-state index contributed by atoms with van der Waals surface area (Å²) in [6, 6.07) is 3.52. The van der Waals surface area contributed by atoms with Gasteiger partial charge >= 0.3 is 0 Å². The van der Waals surface area contributed by atoms with E-state index in [0.717, 1.165) is 4.47 Å². The molecule has 3 nitrogen and oxygen atoms in total. The minimum atomic E-state index is 0.409. The Hall–Kier alpha value is -1.21. The lowest BCUT2D eigenvalue weighted by atomic mass is 10.2. The van der Waals surface area contributed by atoms with Crippen molar-refractivity contribution in [3.63, 3.8) is 0 Å². The van der Waals surface area contributed by atoms with Gasteiger partial charge < -0.3 is 9.47 Å². The highest BCUT2D eigenvalue weighted by atomic mass is 79.9. The number of ether oxygens (including phenoxy) is 2. The Bertz CT molecular complexity index is 410. The summed E-state index contributed by atoms with van der Waals surface area (Å²) in [7, 11) is 1.57. The van der Waals surface area contributed by atoms with Gasteiger partial charge in [-0.15, -0.1) is 0 Å². The van der Waals surface area contributed by atoms with Gasteiger partial charge in [0, 0.05) is 4.47 Å². The maximum atomic E-state index is 7.11. The van der Waals surface area contributed by atoms with Crippen LogP contribution >= 0.6 is 15.9 Å². The maximum absolute atomic E-state index is 7.11. The van der Waals surface area contributed by atoms with Crippen LogP contribution in [-0.4, -0.2) is 13.7 Å². The lowest BCUT2D eigenvalue weighted by Crippen LogP contribution is -2.05. The molecule has 0 saturated heterocycles. The van der Waals surface area contributed by atoms with Crippen LogP contribution < -0.4 is 9.47 Å². The van der Waals surface area contributed by atoms with Crippen molar-refractivity contribution in [3.8, 4) is 11.5 Å². The Balaban J connectivity index is 3.08. The zero-order valence-corrected chi connectivity index (χ0v) is 11.2. The van der Waals surface area contributed by atoms with Gasteiger partial charge in [0.1, 0.15) is 0 Å². The van der Waals surface area contributed by atoms with Gasteiger partial charge in [-0.3, -0.25) is 0 Å². The molecule has 0 aromatic heterocycles. The van der Waals surface area contributed by atoms with Crippen molar-refractivity contribution in [2.24, 2.45) is 5.92 Å². The monoisotopic (exact) mass is 283 g/mol. The number of halogens is 1. The van der Waals surface area contributed by atoms with E-state index in [1.807, 2.05) is 0 Å². The first-order valence-electron chi connectivity index (χ1n) is 4.96. The van der Waals surface area contributed by atoms with Crippen LogP contribution in [0.2, 0.25) is 0 Å². The van der Waals surface area contributed by atoms with E-state index in [9.17, 15) is 0 Å². The van der Waals surface area contributed by atoms with E-state index in [0.29, 0.717) is 29.7 Å². The molecule has 1 rings (SSSR count). The molecule has 1 aromatic rings. The molecule has 0 aliphatic heterocycles. The predicted octanol–water partition coefficient (Wildman–Crippen LogP) is 4.04. The van der Waals surface area contributed by atoms with Crippen LogP contribution in [0.3, 0.4) is 0 Å². The second-order valence-electron chi connectivity index (χ2n) is 3.77. The van der Waals surface area contributed by atoms with Crippen molar-refractivity contribution in [2.75, 3.05) is 13.7 Å². The van der Waals surface area contributed by atoms with Crippen molar-refractivity contribution in [1.82, 2.24) is 0 Å². The first-order valence-corrected chi connectivity index (χ1v) is 5.75. The van der Waals surface area contributed by atoms with E-state index in [1.54, 1.807) is 19.2 Å². The molecule has 0 fully saturated rings. The topological polar surface area (TPSA) is 22.8 Å².